The maximum atomic E-state index is 13.0. The van der Waals surface area contributed by atoms with Crippen molar-refractivity contribution in [1.29, 1.82) is 0 Å². The van der Waals surface area contributed by atoms with Crippen LogP contribution in [0, 0.1) is 13.8 Å². The fourth-order valence-corrected chi connectivity index (χ4v) is 2.99. The Labute approximate surface area is 171 Å². The van der Waals surface area contributed by atoms with Crippen molar-refractivity contribution >= 4 is 5.91 Å². The predicted molar refractivity (Wildman–Crippen MR) is 111 cm³/mol. The average Bonchev–Trinajstić information content (AvgIpc) is 3.16. The predicted octanol–water partition coefficient (Wildman–Crippen LogP) is 4.56. The molecule has 0 aliphatic heterocycles. The van der Waals surface area contributed by atoms with Gasteiger partial charge in [-0.1, -0.05) is 46.6 Å². The van der Waals surface area contributed by atoms with Crippen LogP contribution in [-0.4, -0.2) is 33.1 Å². The molecule has 1 aromatic heterocycles. The van der Waals surface area contributed by atoms with Gasteiger partial charge < -0.3 is 14.2 Å². The van der Waals surface area contributed by atoms with E-state index in [2.05, 4.69) is 10.1 Å². The van der Waals surface area contributed by atoms with Crippen LogP contribution in [0.3, 0.4) is 0 Å². The molecule has 0 bridgehead atoms. The molecule has 0 aliphatic carbocycles. The summed E-state index contributed by atoms with van der Waals surface area (Å²) < 4.78 is 11.2. The molecule has 1 amide bonds. The van der Waals surface area contributed by atoms with Gasteiger partial charge in [-0.15, -0.1) is 0 Å². The quantitative estimate of drug-likeness (QED) is 0.589. The fraction of sp³-hybridized carbons (Fsp3) is 0.348. The van der Waals surface area contributed by atoms with E-state index in [0.717, 1.165) is 16.7 Å². The molecule has 6 heteroatoms. The summed E-state index contributed by atoms with van der Waals surface area (Å²) in [6, 6.07) is 15.5. The second-order valence-electron chi connectivity index (χ2n) is 7.51. The summed E-state index contributed by atoms with van der Waals surface area (Å²) in [5, 5.41) is 4.06. The molecule has 6 nitrogen and oxygen atoms in total. The standard InChI is InChI=1S/C23H27N3O3/c1-15(2)26(23(27)18(5)28-20-11-9-16(3)10-12-20)14-21-24-22(25-29-21)19-8-6-7-17(4)13-19/h6-13,15,18H,14H2,1-5H3. The largest absolute Gasteiger partial charge is 0.481 e. The van der Waals surface area contributed by atoms with Gasteiger partial charge in [-0.25, -0.2) is 0 Å². The molecule has 0 N–H and O–H groups in total. The van der Waals surface area contributed by atoms with E-state index in [-0.39, 0.29) is 18.5 Å². The van der Waals surface area contributed by atoms with Crippen LogP contribution in [0.15, 0.2) is 53.1 Å². The zero-order valence-corrected chi connectivity index (χ0v) is 17.5. The van der Waals surface area contributed by atoms with Crippen LogP contribution < -0.4 is 4.74 Å². The Balaban J connectivity index is 1.71. The molecule has 3 rings (SSSR count). The van der Waals surface area contributed by atoms with Crippen molar-refractivity contribution in [1.82, 2.24) is 15.0 Å². The summed E-state index contributed by atoms with van der Waals surface area (Å²) in [6.07, 6.45) is -0.626. The minimum atomic E-state index is -0.626. The molecule has 152 valence electrons. The smallest absolute Gasteiger partial charge is 0.264 e. The molecule has 0 saturated carbocycles. The van der Waals surface area contributed by atoms with E-state index < -0.39 is 6.10 Å². The van der Waals surface area contributed by atoms with Gasteiger partial charge in [-0.3, -0.25) is 4.79 Å². The van der Waals surface area contributed by atoms with Crippen molar-refractivity contribution < 1.29 is 14.1 Å². The van der Waals surface area contributed by atoms with Crippen LogP contribution >= 0.6 is 0 Å². The third-order valence-electron chi connectivity index (χ3n) is 4.64. The van der Waals surface area contributed by atoms with Crippen LogP contribution in [0.1, 0.15) is 37.8 Å². The number of carbonyl (C=O) groups is 1. The molecule has 0 radical (unpaired) electrons. The molecule has 0 spiro atoms. The monoisotopic (exact) mass is 393 g/mol. The summed E-state index contributed by atoms with van der Waals surface area (Å²) >= 11 is 0. The Bertz CT molecular complexity index is 964. The number of rotatable bonds is 7. The van der Waals surface area contributed by atoms with Crippen molar-refractivity contribution in [2.75, 3.05) is 0 Å². The minimum absolute atomic E-state index is 0.0408. The van der Waals surface area contributed by atoms with Gasteiger partial charge in [0.2, 0.25) is 11.7 Å². The molecule has 0 aliphatic rings. The number of nitrogens with zero attached hydrogens (tertiary/aromatic N) is 3. The van der Waals surface area contributed by atoms with Gasteiger partial charge in [0, 0.05) is 11.6 Å². The highest BCUT2D eigenvalue weighted by Crippen LogP contribution is 2.19. The second-order valence-corrected chi connectivity index (χ2v) is 7.51. The molecule has 1 unspecified atom stereocenters. The van der Waals surface area contributed by atoms with Gasteiger partial charge in [0.1, 0.15) is 12.3 Å². The lowest BCUT2D eigenvalue weighted by Crippen LogP contribution is -2.43. The van der Waals surface area contributed by atoms with Gasteiger partial charge in [0.25, 0.3) is 5.91 Å². The number of benzene rings is 2. The molecule has 1 heterocycles. The Morgan fingerprint density at radius 1 is 1.07 bits per heavy atom. The van der Waals surface area contributed by atoms with Gasteiger partial charge >= 0.3 is 0 Å². The number of carbonyl (C=O) groups excluding carboxylic acids is 1. The van der Waals surface area contributed by atoms with Crippen molar-refractivity contribution in [2.24, 2.45) is 0 Å². The van der Waals surface area contributed by atoms with E-state index in [1.165, 1.54) is 0 Å². The van der Waals surface area contributed by atoms with Gasteiger partial charge in [-0.05, 0) is 52.8 Å². The first-order valence-corrected chi connectivity index (χ1v) is 9.77. The summed E-state index contributed by atoms with van der Waals surface area (Å²) in [7, 11) is 0. The van der Waals surface area contributed by atoms with E-state index in [1.807, 2.05) is 76.2 Å². The third kappa shape index (κ3) is 5.22. The van der Waals surface area contributed by atoms with Crippen LogP contribution in [-0.2, 0) is 11.3 Å². The normalized spacial score (nSPS) is 12.1. The number of aromatic nitrogens is 2. The molecule has 2 aromatic carbocycles. The molecule has 29 heavy (non-hydrogen) atoms. The van der Waals surface area contributed by atoms with Crippen molar-refractivity contribution in [3.63, 3.8) is 0 Å². The molecule has 0 saturated heterocycles. The molecular weight excluding hydrogens is 366 g/mol. The Kier molecular flexibility index (Phi) is 6.32. The summed E-state index contributed by atoms with van der Waals surface area (Å²) in [5.41, 5.74) is 3.15. The molecular formula is C23H27N3O3. The third-order valence-corrected chi connectivity index (χ3v) is 4.64. The van der Waals surface area contributed by atoms with Gasteiger partial charge in [-0.2, -0.15) is 4.98 Å². The summed E-state index contributed by atoms with van der Waals surface area (Å²) in [5.74, 6) is 1.45. The van der Waals surface area contributed by atoms with Crippen molar-refractivity contribution in [3.8, 4) is 17.1 Å². The van der Waals surface area contributed by atoms with Gasteiger partial charge in [0.05, 0.1) is 0 Å². The first-order valence-electron chi connectivity index (χ1n) is 9.77. The lowest BCUT2D eigenvalue weighted by Gasteiger charge is -2.28. The lowest BCUT2D eigenvalue weighted by molar-refractivity contribution is -0.140. The second kappa shape index (κ2) is 8.90. The summed E-state index contributed by atoms with van der Waals surface area (Å²) in [4.78, 5) is 19.1. The zero-order valence-electron chi connectivity index (χ0n) is 17.5. The summed E-state index contributed by atoms with van der Waals surface area (Å²) in [6.45, 7) is 9.91. The number of amides is 1. The minimum Gasteiger partial charge on any atom is -0.481 e. The average molecular weight is 393 g/mol. The topological polar surface area (TPSA) is 68.5 Å². The Morgan fingerprint density at radius 3 is 2.45 bits per heavy atom. The van der Waals surface area contributed by atoms with Crippen molar-refractivity contribution in [2.45, 2.75) is 53.3 Å². The fourth-order valence-electron chi connectivity index (χ4n) is 2.99. The number of aryl methyl sites for hydroxylation is 2. The van der Waals surface area contributed by atoms with Crippen LogP contribution in [0.4, 0.5) is 0 Å². The van der Waals surface area contributed by atoms with E-state index in [4.69, 9.17) is 9.26 Å². The number of ether oxygens (including phenoxy) is 1. The van der Waals surface area contributed by atoms with E-state index in [0.29, 0.717) is 17.5 Å². The highest BCUT2D eigenvalue weighted by molar-refractivity contribution is 5.81. The highest BCUT2D eigenvalue weighted by atomic mass is 16.5. The molecule has 1 atom stereocenters. The number of hydrogen-bond donors (Lipinski definition) is 0. The van der Waals surface area contributed by atoms with Crippen LogP contribution in [0.25, 0.3) is 11.4 Å². The molecule has 3 aromatic rings. The maximum Gasteiger partial charge on any atom is 0.264 e. The highest BCUT2D eigenvalue weighted by Gasteiger charge is 2.26. The van der Waals surface area contributed by atoms with Crippen LogP contribution in [0.5, 0.6) is 5.75 Å². The first kappa shape index (κ1) is 20.6. The Hall–Kier alpha value is -3.15. The SMILES string of the molecule is Cc1ccc(OC(C)C(=O)N(Cc2nc(-c3cccc(C)c3)no2)C(C)C)cc1. The van der Waals surface area contributed by atoms with E-state index in [1.54, 1.807) is 11.8 Å². The van der Waals surface area contributed by atoms with Crippen LogP contribution in [0.2, 0.25) is 0 Å². The van der Waals surface area contributed by atoms with Gasteiger partial charge in [0.15, 0.2) is 6.10 Å². The number of hydrogen-bond acceptors (Lipinski definition) is 5. The van der Waals surface area contributed by atoms with E-state index >= 15 is 0 Å². The lowest BCUT2D eigenvalue weighted by atomic mass is 10.1. The Morgan fingerprint density at radius 2 is 1.79 bits per heavy atom. The maximum absolute atomic E-state index is 13.0. The molecule has 0 fully saturated rings. The first-order chi connectivity index (χ1) is 13.8. The van der Waals surface area contributed by atoms with Crippen molar-refractivity contribution in [3.05, 3.63) is 65.5 Å². The zero-order chi connectivity index (χ0) is 21.0. The van der Waals surface area contributed by atoms with E-state index in [9.17, 15) is 4.79 Å².